The Bertz CT molecular complexity index is 1380. The summed E-state index contributed by atoms with van der Waals surface area (Å²) in [6.45, 7) is 3.98. The van der Waals surface area contributed by atoms with E-state index in [-0.39, 0.29) is 34.2 Å². The van der Waals surface area contributed by atoms with Crippen molar-refractivity contribution in [1.82, 2.24) is 9.55 Å². The first-order valence-electron chi connectivity index (χ1n) is 9.62. The molecule has 1 aromatic heterocycles. The number of carbonyl (C=O) groups excluding carboxylic acids is 1. The van der Waals surface area contributed by atoms with Gasteiger partial charge in [-0.2, -0.15) is 0 Å². The Balaban J connectivity index is 1.77. The van der Waals surface area contributed by atoms with Crippen LogP contribution in [0.3, 0.4) is 0 Å². The monoisotopic (exact) mass is 432 g/mol. The van der Waals surface area contributed by atoms with Gasteiger partial charge in [0.05, 0.1) is 22.3 Å². The number of aryl methyl sites for hydroxylation is 2. The van der Waals surface area contributed by atoms with E-state index in [1.54, 1.807) is 18.2 Å². The zero-order valence-electron chi connectivity index (χ0n) is 17.0. The molecule has 4 aromatic rings. The highest BCUT2D eigenvalue weighted by Crippen LogP contribution is 2.27. The van der Waals surface area contributed by atoms with Crippen LogP contribution in [0.4, 0.5) is 0 Å². The van der Waals surface area contributed by atoms with Crippen LogP contribution in [-0.2, 0) is 0 Å². The van der Waals surface area contributed by atoms with Crippen molar-refractivity contribution in [3.05, 3.63) is 87.7 Å². The van der Waals surface area contributed by atoms with Crippen LogP contribution in [0.1, 0.15) is 21.5 Å². The first-order chi connectivity index (χ1) is 14.8. The van der Waals surface area contributed by atoms with Crippen LogP contribution < -0.4 is 5.56 Å². The molecule has 0 saturated heterocycles. The van der Waals surface area contributed by atoms with Crippen molar-refractivity contribution in [3.8, 4) is 17.2 Å². The van der Waals surface area contributed by atoms with Crippen LogP contribution in [0.5, 0.6) is 11.5 Å². The summed E-state index contributed by atoms with van der Waals surface area (Å²) in [5.74, 6) is -0.884. The Labute approximate surface area is 182 Å². The molecule has 7 heteroatoms. The number of hydrogen-bond acceptors (Lipinski definition) is 6. The van der Waals surface area contributed by atoms with E-state index in [4.69, 9.17) is 0 Å². The number of nitrogens with zero attached hydrogens (tertiary/aromatic N) is 2. The van der Waals surface area contributed by atoms with Gasteiger partial charge in [0.2, 0.25) is 0 Å². The predicted molar refractivity (Wildman–Crippen MR) is 122 cm³/mol. The summed E-state index contributed by atoms with van der Waals surface area (Å²) >= 11 is 1.15. The lowest BCUT2D eigenvalue weighted by atomic mass is 10.1. The molecule has 0 spiro atoms. The van der Waals surface area contributed by atoms with Gasteiger partial charge in [0, 0.05) is 5.56 Å². The van der Waals surface area contributed by atoms with E-state index in [0.29, 0.717) is 21.7 Å². The van der Waals surface area contributed by atoms with Gasteiger partial charge in [-0.1, -0.05) is 30.0 Å². The lowest BCUT2D eigenvalue weighted by molar-refractivity contribution is 0.102. The second-order valence-electron chi connectivity index (χ2n) is 7.24. The Morgan fingerprint density at radius 2 is 1.74 bits per heavy atom. The Morgan fingerprint density at radius 1 is 0.968 bits per heavy atom. The highest BCUT2D eigenvalue weighted by atomic mass is 32.2. The molecule has 0 radical (unpaired) electrons. The number of rotatable bonds is 5. The third-order valence-electron chi connectivity index (χ3n) is 5.12. The van der Waals surface area contributed by atoms with Gasteiger partial charge in [-0.25, -0.2) is 4.98 Å². The summed E-state index contributed by atoms with van der Waals surface area (Å²) in [5, 5.41) is 20.0. The summed E-state index contributed by atoms with van der Waals surface area (Å²) in [6, 6.07) is 16.8. The van der Waals surface area contributed by atoms with Gasteiger partial charge in [0.1, 0.15) is 0 Å². The number of thioether (sulfide) groups is 1. The van der Waals surface area contributed by atoms with E-state index in [2.05, 4.69) is 4.98 Å². The summed E-state index contributed by atoms with van der Waals surface area (Å²) in [7, 11) is 0. The SMILES string of the molecule is Cc1ccc(-n2c(SCC(=O)c3ccc(O)c(O)c3)nc3ccccc3c2=O)cc1C. The van der Waals surface area contributed by atoms with Crippen LogP contribution in [0.2, 0.25) is 0 Å². The molecule has 0 bridgehead atoms. The first kappa shape index (κ1) is 20.7. The van der Waals surface area contributed by atoms with Gasteiger partial charge in [0.25, 0.3) is 5.56 Å². The third-order valence-corrected chi connectivity index (χ3v) is 6.06. The minimum Gasteiger partial charge on any atom is -0.504 e. The second kappa shape index (κ2) is 8.28. The number of phenolic OH excluding ortho intramolecular Hbond substituents is 2. The third kappa shape index (κ3) is 4.04. The number of phenols is 2. The molecular weight excluding hydrogens is 412 g/mol. The molecule has 3 aromatic carbocycles. The van der Waals surface area contributed by atoms with E-state index in [1.807, 2.05) is 38.1 Å². The standard InChI is InChI=1S/C24H20N2O4S/c1-14-7-9-17(11-15(14)2)26-23(30)18-5-3-4-6-19(18)25-24(26)31-13-22(29)16-8-10-20(27)21(28)12-16/h3-12,27-28H,13H2,1-2H3. The number of ketones is 1. The molecule has 156 valence electrons. The molecule has 0 unspecified atom stereocenters. The molecule has 31 heavy (non-hydrogen) atoms. The molecule has 2 N–H and O–H groups in total. The lowest BCUT2D eigenvalue weighted by Crippen LogP contribution is -2.22. The highest BCUT2D eigenvalue weighted by molar-refractivity contribution is 7.99. The van der Waals surface area contributed by atoms with Crippen LogP contribution in [0, 0.1) is 13.8 Å². The zero-order valence-corrected chi connectivity index (χ0v) is 17.8. The molecule has 0 atom stereocenters. The molecule has 4 rings (SSSR count). The number of hydrogen-bond donors (Lipinski definition) is 2. The van der Waals surface area contributed by atoms with Crippen LogP contribution in [0.15, 0.2) is 70.6 Å². The number of carbonyl (C=O) groups is 1. The minimum atomic E-state index is -0.355. The number of fused-ring (bicyclic) bond motifs is 1. The fourth-order valence-corrected chi connectivity index (χ4v) is 4.12. The lowest BCUT2D eigenvalue weighted by Gasteiger charge is -2.14. The van der Waals surface area contributed by atoms with Crippen molar-refractivity contribution >= 4 is 28.4 Å². The molecule has 0 aliphatic heterocycles. The van der Waals surface area contributed by atoms with Gasteiger partial charge >= 0.3 is 0 Å². The van der Waals surface area contributed by atoms with E-state index < -0.39 is 0 Å². The number of Topliss-reactive ketones (excluding diaryl/α,β-unsaturated/α-hetero) is 1. The average Bonchev–Trinajstić information content (AvgIpc) is 2.76. The highest BCUT2D eigenvalue weighted by Gasteiger charge is 2.16. The zero-order chi connectivity index (χ0) is 22.1. The Kier molecular flexibility index (Phi) is 5.52. The molecule has 0 fully saturated rings. The van der Waals surface area contributed by atoms with E-state index in [9.17, 15) is 19.8 Å². The minimum absolute atomic E-state index is 0.0137. The van der Waals surface area contributed by atoms with Gasteiger partial charge in [-0.05, 0) is 67.4 Å². The quantitative estimate of drug-likeness (QED) is 0.210. The number of para-hydroxylation sites is 1. The largest absolute Gasteiger partial charge is 0.504 e. The van der Waals surface area contributed by atoms with Crippen molar-refractivity contribution in [1.29, 1.82) is 0 Å². The maximum atomic E-state index is 13.3. The van der Waals surface area contributed by atoms with Gasteiger partial charge < -0.3 is 10.2 Å². The molecule has 0 saturated carbocycles. The molecule has 0 aliphatic rings. The molecule has 1 heterocycles. The topological polar surface area (TPSA) is 92.4 Å². The van der Waals surface area contributed by atoms with Crippen LogP contribution in [-0.4, -0.2) is 31.3 Å². The molecule has 6 nitrogen and oxygen atoms in total. The normalized spacial score (nSPS) is 11.0. The van der Waals surface area contributed by atoms with Crippen LogP contribution in [0.25, 0.3) is 16.6 Å². The number of benzene rings is 3. The van der Waals surface area contributed by atoms with Crippen molar-refractivity contribution in [2.24, 2.45) is 0 Å². The summed E-state index contributed by atoms with van der Waals surface area (Å²) < 4.78 is 1.53. The van der Waals surface area contributed by atoms with Crippen LogP contribution >= 0.6 is 11.8 Å². The number of aromatic hydroxyl groups is 2. The fourth-order valence-electron chi connectivity index (χ4n) is 3.21. The maximum absolute atomic E-state index is 13.3. The van der Waals surface area contributed by atoms with Gasteiger partial charge in [-0.15, -0.1) is 0 Å². The van der Waals surface area contributed by atoms with E-state index in [1.165, 1.54) is 22.8 Å². The number of aromatic nitrogens is 2. The predicted octanol–water partition coefficient (Wildman–Crippen LogP) is 4.39. The second-order valence-corrected chi connectivity index (χ2v) is 8.18. The van der Waals surface area contributed by atoms with Crippen molar-refractivity contribution in [2.75, 3.05) is 5.75 Å². The van der Waals surface area contributed by atoms with Crippen molar-refractivity contribution in [2.45, 2.75) is 19.0 Å². The Morgan fingerprint density at radius 3 is 2.48 bits per heavy atom. The van der Waals surface area contributed by atoms with Gasteiger partial charge in [-0.3, -0.25) is 14.2 Å². The summed E-state index contributed by atoms with van der Waals surface area (Å²) in [5.41, 5.74) is 3.47. The summed E-state index contributed by atoms with van der Waals surface area (Å²) in [6.07, 6.45) is 0. The van der Waals surface area contributed by atoms with E-state index >= 15 is 0 Å². The molecule has 0 aliphatic carbocycles. The van der Waals surface area contributed by atoms with Gasteiger partial charge in [0.15, 0.2) is 22.4 Å². The van der Waals surface area contributed by atoms with Crippen molar-refractivity contribution < 1.29 is 15.0 Å². The smallest absolute Gasteiger partial charge is 0.266 e. The molecule has 0 amide bonds. The fraction of sp³-hybridized carbons (Fsp3) is 0.125. The molecular formula is C24H20N2O4S. The first-order valence-corrected chi connectivity index (χ1v) is 10.6. The Hall–Kier alpha value is -3.58. The van der Waals surface area contributed by atoms with Crippen molar-refractivity contribution in [3.63, 3.8) is 0 Å². The summed E-state index contributed by atoms with van der Waals surface area (Å²) in [4.78, 5) is 30.6. The maximum Gasteiger partial charge on any atom is 0.266 e. The van der Waals surface area contributed by atoms with E-state index in [0.717, 1.165) is 22.9 Å². The average molecular weight is 433 g/mol.